The van der Waals surface area contributed by atoms with E-state index in [4.69, 9.17) is 16.9 Å². The Balaban J connectivity index is 0.00000180. The quantitative estimate of drug-likeness (QED) is 0.889. The van der Waals surface area contributed by atoms with Crippen LogP contribution >= 0.6 is 36.4 Å². The van der Waals surface area contributed by atoms with Crippen molar-refractivity contribution in [1.82, 2.24) is 10.2 Å². The largest absolute Gasteiger partial charge is 0.506 e. The van der Waals surface area contributed by atoms with Crippen LogP contribution in [-0.4, -0.2) is 36.2 Å². The van der Waals surface area contributed by atoms with Crippen LogP contribution < -0.4 is 5.32 Å². The van der Waals surface area contributed by atoms with Crippen molar-refractivity contribution in [2.24, 2.45) is 0 Å². The zero-order valence-electron chi connectivity index (χ0n) is 10.9. The van der Waals surface area contributed by atoms with Crippen LogP contribution in [0.2, 0.25) is 5.02 Å². The highest BCUT2D eigenvalue weighted by atomic mass is 35.5. The number of phenolic OH excluding ortho intramolecular Hbond substituents is 1. The van der Waals surface area contributed by atoms with Crippen molar-refractivity contribution < 1.29 is 5.11 Å². The summed E-state index contributed by atoms with van der Waals surface area (Å²) in [4.78, 5) is 2.21. The number of rotatable bonds is 3. The summed E-state index contributed by atoms with van der Waals surface area (Å²) in [6.45, 7) is 3.56. The molecule has 20 heavy (non-hydrogen) atoms. The second-order valence-electron chi connectivity index (χ2n) is 4.34. The van der Waals surface area contributed by atoms with Gasteiger partial charge in [-0.2, -0.15) is 5.26 Å². The van der Waals surface area contributed by atoms with E-state index in [-0.39, 0.29) is 36.6 Å². The molecule has 1 atom stereocenters. The molecule has 1 heterocycles. The minimum atomic E-state index is -0.0872. The first-order chi connectivity index (χ1) is 8.74. The van der Waals surface area contributed by atoms with E-state index in [1.807, 2.05) is 12.1 Å². The molecule has 0 aliphatic carbocycles. The molecule has 7 heteroatoms. The molecule has 0 amide bonds. The van der Waals surface area contributed by atoms with E-state index >= 15 is 0 Å². The number of piperazine rings is 1. The molecule has 4 nitrogen and oxygen atoms in total. The number of hydrogen-bond acceptors (Lipinski definition) is 4. The van der Waals surface area contributed by atoms with Crippen LogP contribution in [0.3, 0.4) is 0 Å². The lowest BCUT2D eigenvalue weighted by Crippen LogP contribution is -2.45. The second kappa shape index (κ2) is 9.28. The van der Waals surface area contributed by atoms with Gasteiger partial charge >= 0.3 is 0 Å². The third kappa shape index (κ3) is 4.41. The number of nitriles is 1. The molecule has 0 radical (unpaired) electrons. The summed E-state index contributed by atoms with van der Waals surface area (Å²) in [5, 5.41) is 22.6. The maximum Gasteiger partial charge on any atom is 0.138 e. The molecule has 1 saturated heterocycles. The molecule has 0 bridgehead atoms. The van der Waals surface area contributed by atoms with Crippen molar-refractivity contribution in [3.05, 3.63) is 28.8 Å². The fourth-order valence-corrected chi connectivity index (χ4v) is 2.50. The van der Waals surface area contributed by atoms with E-state index in [0.717, 1.165) is 31.7 Å². The zero-order chi connectivity index (χ0) is 13.0. The minimum absolute atomic E-state index is 0. The molecule has 1 aromatic carbocycles. The topological polar surface area (TPSA) is 59.3 Å². The molecule has 1 aliphatic rings. The monoisotopic (exact) mass is 337 g/mol. The van der Waals surface area contributed by atoms with E-state index < -0.39 is 0 Å². The van der Waals surface area contributed by atoms with Gasteiger partial charge in [0.05, 0.1) is 23.6 Å². The van der Waals surface area contributed by atoms with Crippen molar-refractivity contribution in [2.45, 2.75) is 12.5 Å². The third-order valence-corrected chi connectivity index (χ3v) is 3.56. The van der Waals surface area contributed by atoms with E-state index in [2.05, 4.69) is 16.3 Å². The lowest BCUT2D eigenvalue weighted by molar-refractivity contribution is 0.173. The average Bonchev–Trinajstić information content (AvgIpc) is 2.41. The Morgan fingerprint density at radius 2 is 2.00 bits per heavy atom. The standard InChI is InChI=1S/C13H16ClN3O.2ClH/c14-11-3-1-2-10(13(11)18)12(4-5-15)17-8-6-16-7-9-17;;/h1-3,12,16,18H,4,6-9H2;2*1H/t12-;;/m1../s1. The fraction of sp³-hybridized carbons (Fsp3) is 0.462. The Bertz CT molecular complexity index is 459. The molecule has 0 spiro atoms. The maximum atomic E-state index is 10.0. The zero-order valence-corrected chi connectivity index (χ0v) is 13.3. The molecule has 112 valence electrons. The number of nitrogens with one attached hydrogen (secondary N) is 1. The highest BCUT2D eigenvalue weighted by Crippen LogP contribution is 2.35. The maximum absolute atomic E-state index is 10.0. The lowest BCUT2D eigenvalue weighted by Gasteiger charge is -2.34. The number of benzene rings is 1. The highest BCUT2D eigenvalue weighted by molar-refractivity contribution is 6.32. The summed E-state index contributed by atoms with van der Waals surface area (Å²) in [6.07, 6.45) is 0.355. The first-order valence-electron chi connectivity index (χ1n) is 6.03. The predicted octanol–water partition coefficient (Wildman–Crippen LogP) is 2.75. The summed E-state index contributed by atoms with van der Waals surface area (Å²) in [5.41, 5.74) is 0.742. The van der Waals surface area contributed by atoms with E-state index in [1.165, 1.54) is 0 Å². The predicted molar refractivity (Wildman–Crippen MR) is 85.0 cm³/mol. The van der Waals surface area contributed by atoms with Gasteiger partial charge in [0.15, 0.2) is 0 Å². The molecule has 1 aliphatic heterocycles. The van der Waals surface area contributed by atoms with Crippen molar-refractivity contribution in [2.75, 3.05) is 26.2 Å². The molecule has 0 saturated carbocycles. The van der Waals surface area contributed by atoms with E-state index in [9.17, 15) is 5.11 Å². The fourth-order valence-electron chi connectivity index (χ4n) is 2.32. The minimum Gasteiger partial charge on any atom is -0.506 e. The Kier molecular flexibility index (Phi) is 8.95. The van der Waals surface area contributed by atoms with Gasteiger partial charge in [0.25, 0.3) is 0 Å². The number of aromatic hydroxyl groups is 1. The van der Waals surface area contributed by atoms with Crippen LogP contribution in [-0.2, 0) is 0 Å². The summed E-state index contributed by atoms with van der Waals surface area (Å²) in [6, 6.07) is 7.41. The molecule has 1 aromatic rings. The van der Waals surface area contributed by atoms with Crippen molar-refractivity contribution in [3.63, 3.8) is 0 Å². The van der Waals surface area contributed by atoms with Crippen LogP contribution in [0.15, 0.2) is 18.2 Å². The molecule has 2 rings (SSSR count). The Morgan fingerprint density at radius 1 is 1.35 bits per heavy atom. The van der Waals surface area contributed by atoms with Crippen LogP contribution in [0.25, 0.3) is 0 Å². The Morgan fingerprint density at radius 3 is 2.60 bits per heavy atom. The van der Waals surface area contributed by atoms with Crippen molar-refractivity contribution in [3.8, 4) is 11.8 Å². The number of halogens is 3. The molecule has 1 fully saturated rings. The number of nitrogens with zero attached hydrogens (tertiary/aromatic N) is 2. The van der Waals surface area contributed by atoms with Gasteiger partial charge in [-0.15, -0.1) is 24.8 Å². The van der Waals surface area contributed by atoms with Gasteiger partial charge in [-0.05, 0) is 6.07 Å². The van der Waals surface area contributed by atoms with Gasteiger partial charge in [-0.25, -0.2) is 0 Å². The lowest BCUT2D eigenvalue weighted by atomic mass is 10.0. The number of para-hydroxylation sites is 1. The number of hydrogen-bond donors (Lipinski definition) is 2. The smallest absolute Gasteiger partial charge is 0.138 e. The van der Waals surface area contributed by atoms with E-state index in [0.29, 0.717) is 11.4 Å². The molecule has 2 N–H and O–H groups in total. The summed E-state index contributed by atoms with van der Waals surface area (Å²) in [5.74, 6) is 0.0953. The van der Waals surface area contributed by atoms with E-state index in [1.54, 1.807) is 6.07 Å². The highest BCUT2D eigenvalue weighted by Gasteiger charge is 2.24. The average molecular weight is 339 g/mol. The number of phenols is 1. The molecular weight excluding hydrogens is 321 g/mol. The van der Waals surface area contributed by atoms with Crippen LogP contribution in [0.1, 0.15) is 18.0 Å². The summed E-state index contributed by atoms with van der Waals surface area (Å²) in [7, 11) is 0. The van der Waals surface area contributed by atoms with Crippen molar-refractivity contribution in [1.29, 1.82) is 5.26 Å². The van der Waals surface area contributed by atoms with Crippen LogP contribution in [0.5, 0.6) is 5.75 Å². The first kappa shape index (κ1) is 19.3. The third-order valence-electron chi connectivity index (χ3n) is 3.25. The summed E-state index contributed by atoms with van der Waals surface area (Å²) < 4.78 is 0. The SMILES string of the molecule is Cl.Cl.N#CC[C@H](c1cccc(Cl)c1O)N1CCNCC1. The van der Waals surface area contributed by atoms with Gasteiger partial charge in [0, 0.05) is 31.7 Å². The molecular formula is C13H18Cl3N3O. The van der Waals surface area contributed by atoms with Gasteiger partial charge in [-0.3, -0.25) is 4.90 Å². The van der Waals surface area contributed by atoms with Gasteiger partial charge < -0.3 is 10.4 Å². The Labute approximate surface area is 136 Å². The van der Waals surface area contributed by atoms with Gasteiger partial charge in [-0.1, -0.05) is 23.7 Å². The summed E-state index contributed by atoms with van der Waals surface area (Å²) >= 11 is 5.93. The molecule has 0 unspecified atom stereocenters. The van der Waals surface area contributed by atoms with Crippen molar-refractivity contribution >= 4 is 36.4 Å². The Hall–Kier alpha value is -0.700. The first-order valence-corrected chi connectivity index (χ1v) is 6.41. The normalized spacial score (nSPS) is 16.4. The van der Waals surface area contributed by atoms with Crippen LogP contribution in [0.4, 0.5) is 0 Å². The van der Waals surface area contributed by atoms with Gasteiger partial charge in [0.1, 0.15) is 5.75 Å². The molecule has 0 aromatic heterocycles. The van der Waals surface area contributed by atoms with Crippen LogP contribution in [0, 0.1) is 11.3 Å². The van der Waals surface area contributed by atoms with Gasteiger partial charge in [0.2, 0.25) is 0 Å². The second-order valence-corrected chi connectivity index (χ2v) is 4.75.